The van der Waals surface area contributed by atoms with Crippen molar-refractivity contribution in [1.82, 2.24) is 0 Å². The van der Waals surface area contributed by atoms with Gasteiger partial charge in [0.25, 0.3) is 0 Å². The van der Waals surface area contributed by atoms with Crippen LogP contribution in [0.25, 0.3) is 0 Å². The summed E-state index contributed by atoms with van der Waals surface area (Å²) in [6.45, 7) is 2.17. The number of halogens is 3. The summed E-state index contributed by atoms with van der Waals surface area (Å²) in [5.74, 6) is 0. The van der Waals surface area contributed by atoms with E-state index in [2.05, 4.69) is 6.92 Å². The lowest BCUT2D eigenvalue weighted by molar-refractivity contribution is -0.149. The number of unbranched alkanes of at least 4 members (excludes halogenated alkanes) is 7. The summed E-state index contributed by atoms with van der Waals surface area (Å²) in [4.78, 5) is 0. The van der Waals surface area contributed by atoms with Gasteiger partial charge in [-0.3, -0.25) is 0 Å². The van der Waals surface area contributed by atoms with Crippen molar-refractivity contribution in [3.05, 3.63) is 0 Å². The first-order valence-electron chi connectivity index (χ1n) is 6.30. The molecule has 98 valence electrons. The van der Waals surface area contributed by atoms with Crippen LogP contribution in [0, 0.1) is 0 Å². The Bertz CT molecular complexity index is 157. The molecule has 2 N–H and O–H groups in total. The second-order valence-electron chi connectivity index (χ2n) is 4.41. The average molecular weight is 239 g/mol. The molecule has 0 unspecified atom stereocenters. The Hall–Kier alpha value is -0.250. The van der Waals surface area contributed by atoms with Crippen molar-refractivity contribution < 1.29 is 13.2 Å². The summed E-state index contributed by atoms with van der Waals surface area (Å²) in [5.41, 5.74) is 5.01. The SMILES string of the molecule is CCCCCCCCCC[C@H](N)C(F)(F)F. The van der Waals surface area contributed by atoms with E-state index in [0.717, 1.165) is 19.3 Å². The lowest BCUT2D eigenvalue weighted by atomic mass is 10.0. The molecule has 0 aliphatic rings. The van der Waals surface area contributed by atoms with Gasteiger partial charge in [-0.1, -0.05) is 58.3 Å². The molecule has 0 radical (unpaired) electrons. The van der Waals surface area contributed by atoms with E-state index in [0.29, 0.717) is 6.42 Å². The number of alkyl halides is 3. The summed E-state index contributed by atoms with van der Waals surface area (Å²) < 4.78 is 36.1. The van der Waals surface area contributed by atoms with E-state index in [-0.39, 0.29) is 6.42 Å². The Morgan fingerprint density at radius 3 is 1.75 bits per heavy atom. The molecule has 0 aliphatic carbocycles. The fourth-order valence-corrected chi connectivity index (χ4v) is 1.66. The normalized spacial score (nSPS) is 14.1. The minimum Gasteiger partial charge on any atom is -0.320 e. The van der Waals surface area contributed by atoms with Gasteiger partial charge in [-0.25, -0.2) is 0 Å². The second kappa shape index (κ2) is 8.85. The molecule has 16 heavy (non-hydrogen) atoms. The van der Waals surface area contributed by atoms with E-state index < -0.39 is 12.2 Å². The van der Waals surface area contributed by atoms with Gasteiger partial charge < -0.3 is 5.73 Å². The van der Waals surface area contributed by atoms with Crippen molar-refractivity contribution in [1.29, 1.82) is 0 Å². The molecule has 0 aromatic carbocycles. The molecule has 0 spiro atoms. The maximum atomic E-state index is 12.0. The average Bonchev–Trinajstić information content (AvgIpc) is 2.20. The quantitative estimate of drug-likeness (QED) is 0.593. The topological polar surface area (TPSA) is 26.0 Å². The number of hydrogen-bond acceptors (Lipinski definition) is 1. The molecule has 0 aromatic heterocycles. The van der Waals surface area contributed by atoms with Gasteiger partial charge in [-0.05, 0) is 6.42 Å². The van der Waals surface area contributed by atoms with Gasteiger partial charge >= 0.3 is 6.18 Å². The van der Waals surface area contributed by atoms with Crippen LogP contribution in [-0.2, 0) is 0 Å². The molecule has 0 amide bonds. The Labute approximate surface area is 96.6 Å². The predicted octanol–water partition coefficient (Wildman–Crippen LogP) is 4.41. The van der Waals surface area contributed by atoms with Gasteiger partial charge in [0, 0.05) is 0 Å². The van der Waals surface area contributed by atoms with Crippen molar-refractivity contribution in [2.24, 2.45) is 5.73 Å². The maximum absolute atomic E-state index is 12.0. The molecule has 4 heteroatoms. The van der Waals surface area contributed by atoms with Crippen LogP contribution in [0.3, 0.4) is 0 Å². The lowest BCUT2D eigenvalue weighted by Gasteiger charge is -2.14. The molecule has 0 saturated heterocycles. The van der Waals surface area contributed by atoms with Crippen LogP contribution in [0.1, 0.15) is 64.7 Å². The molecule has 0 saturated carbocycles. The Morgan fingerprint density at radius 1 is 0.875 bits per heavy atom. The van der Waals surface area contributed by atoms with Crippen LogP contribution >= 0.6 is 0 Å². The van der Waals surface area contributed by atoms with E-state index in [1.807, 2.05) is 0 Å². The summed E-state index contributed by atoms with van der Waals surface area (Å²) in [5, 5.41) is 0. The van der Waals surface area contributed by atoms with Gasteiger partial charge in [-0.2, -0.15) is 13.2 Å². The van der Waals surface area contributed by atoms with E-state index in [1.54, 1.807) is 0 Å². The largest absolute Gasteiger partial charge is 0.403 e. The molecule has 0 aromatic rings. The van der Waals surface area contributed by atoms with Crippen molar-refractivity contribution in [2.75, 3.05) is 0 Å². The van der Waals surface area contributed by atoms with Gasteiger partial charge in [0.1, 0.15) is 6.04 Å². The Morgan fingerprint density at radius 2 is 1.31 bits per heavy atom. The van der Waals surface area contributed by atoms with Gasteiger partial charge in [0.05, 0.1) is 0 Å². The van der Waals surface area contributed by atoms with E-state index >= 15 is 0 Å². The monoisotopic (exact) mass is 239 g/mol. The number of hydrogen-bond donors (Lipinski definition) is 1. The highest BCUT2D eigenvalue weighted by molar-refractivity contribution is 4.69. The van der Waals surface area contributed by atoms with Crippen molar-refractivity contribution >= 4 is 0 Å². The first kappa shape index (κ1) is 15.8. The van der Waals surface area contributed by atoms with E-state index in [1.165, 1.54) is 25.7 Å². The Kier molecular flexibility index (Phi) is 8.71. The highest BCUT2D eigenvalue weighted by atomic mass is 19.4. The van der Waals surface area contributed by atoms with Crippen LogP contribution in [0.5, 0.6) is 0 Å². The van der Waals surface area contributed by atoms with Crippen LogP contribution in [0.4, 0.5) is 13.2 Å². The van der Waals surface area contributed by atoms with Gasteiger partial charge in [-0.15, -0.1) is 0 Å². The summed E-state index contributed by atoms with van der Waals surface area (Å²) >= 11 is 0. The minimum absolute atomic E-state index is 0.0679. The number of nitrogens with two attached hydrogens (primary N) is 1. The molecule has 0 aliphatic heterocycles. The third-order valence-electron chi connectivity index (χ3n) is 2.79. The second-order valence-corrected chi connectivity index (χ2v) is 4.41. The molecule has 1 nitrogen and oxygen atoms in total. The molecule has 1 atom stereocenters. The molecule has 0 heterocycles. The van der Waals surface area contributed by atoms with Gasteiger partial charge in [0.15, 0.2) is 0 Å². The molecular weight excluding hydrogens is 215 g/mol. The molecule has 0 bridgehead atoms. The first-order valence-corrected chi connectivity index (χ1v) is 6.30. The third kappa shape index (κ3) is 9.01. The van der Waals surface area contributed by atoms with Crippen LogP contribution < -0.4 is 5.73 Å². The van der Waals surface area contributed by atoms with Crippen molar-refractivity contribution in [3.8, 4) is 0 Å². The molecule has 0 rings (SSSR count). The van der Waals surface area contributed by atoms with Crippen LogP contribution in [0.15, 0.2) is 0 Å². The lowest BCUT2D eigenvalue weighted by Crippen LogP contribution is -2.37. The number of rotatable bonds is 9. The minimum atomic E-state index is -4.22. The predicted molar refractivity (Wildman–Crippen MR) is 61.3 cm³/mol. The standard InChI is InChI=1S/C12H24F3N/c1-2-3-4-5-6-7-8-9-10-11(16)12(13,14)15/h11H,2-10,16H2,1H3/t11-/m0/s1. The van der Waals surface area contributed by atoms with Crippen LogP contribution in [-0.4, -0.2) is 12.2 Å². The zero-order chi connectivity index (χ0) is 12.4. The van der Waals surface area contributed by atoms with E-state index in [4.69, 9.17) is 5.73 Å². The van der Waals surface area contributed by atoms with Crippen molar-refractivity contribution in [3.63, 3.8) is 0 Å². The fraction of sp³-hybridized carbons (Fsp3) is 1.00. The Balaban J connectivity index is 3.21. The smallest absolute Gasteiger partial charge is 0.320 e. The molecule has 0 fully saturated rings. The first-order chi connectivity index (χ1) is 7.48. The summed E-state index contributed by atoms with van der Waals surface area (Å²) in [7, 11) is 0. The van der Waals surface area contributed by atoms with Crippen molar-refractivity contribution in [2.45, 2.75) is 76.9 Å². The van der Waals surface area contributed by atoms with Crippen LogP contribution in [0.2, 0.25) is 0 Å². The molecular formula is C12H24F3N. The van der Waals surface area contributed by atoms with E-state index in [9.17, 15) is 13.2 Å². The highest BCUT2D eigenvalue weighted by Gasteiger charge is 2.35. The third-order valence-corrected chi connectivity index (χ3v) is 2.79. The summed E-state index contributed by atoms with van der Waals surface area (Å²) in [6.07, 6.45) is 4.43. The zero-order valence-corrected chi connectivity index (χ0v) is 10.2. The zero-order valence-electron chi connectivity index (χ0n) is 10.2. The summed E-state index contributed by atoms with van der Waals surface area (Å²) in [6, 6.07) is -1.63. The fourth-order valence-electron chi connectivity index (χ4n) is 1.66. The maximum Gasteiger partial charge on any atom is 0.403 e. The highest BCUT2D eigenvalue weighted by Crippen LogP contribution is 2.22. The van der Waals surface area contributed by atoms with Gasteiger partial charge in [0.2, 0.25) is 0 Å².